The number of halogens is 2. The SMILES string of the molecule is CC.CN(CCCc1ccccc1)C[C@]1(C(=O)O)CCC2[C@@H]3C[C@H](F)C4=CC(=O)C=C[C@]4(C)[C@@]3(F)[C@@H](O)C[C@@]21C. The average Bonchev–Trinajstić information content (AvgIpc) is 3.21. The number of hydrogen-bond donors (Lipinski definition) is 2. The van der Waals surface area contributed by atoms with Crippen molar-refractivity contribution < 1.29 is 28.6 Å². The molecule has 0 amide bonds. The lowest BCUT2D eigenvalue weighted by Gasteiger charge is -2.63. The summed E-state index contributed by atoms with van der Waals surface area (Å²) in [5.41, 5.74) is -4.40. The summed E-state index contributed by atoms with van der Waals surface area (Å²) in [6.45, 7) is 8.45. The molecule has 40 heavy (non-hydrogen) atoms. The number of carbonyl (C=O) groups excluding carboxylic acids is 1. The Hall–Kier alpha value is -2.38. The van der Waals surface area contributed by atoms with Gasteiger partial charge in [0.15, 0.2) is 11.5 Å². The highest BCUT2D eigenvalue weighted by Gasteiger charge is 2.75. The number of fused-ring (bicyclic) bond motifs is 5. The fourth-order valence-corrected chi connectivity index (χ4v) is 8.74. The summed E-state index contributed by atoms with van der Waals surface area (Å²) in [5.74, 6) is -2.56. The molecular formula is C33H45F2NO4. The molecule has 0 radical (unpaired) electrons. The number of aliphatic hydroxyl groups is 1. The molecule has 0 spiro atoms. The van der Waals surface area contributed by atoms with Crippen LogP contribution < -0.4 is 0 Å². The number of nitrogens with zero attached hydrogens (tertiary/aromatic N) is 1. The van der Waals surface area contributed by atoms with Crippen molar-refractivity contribution >= 4 is 11.8 Å². The molecule has 1 unspecified atom stereocenters. The number of carboxylic acid groups (broad SMARTS) is 1. The third-order valence-corrected chi connectivity index (χ3v) is 10.8. The van der Waals surface area contributed by atoms with Crippen LogP contribution in [0.25, 0.3) is 0 Å². The zero-order chi connectivity index (χ0) is 29.5. The lowest BCUT2D eigenvalue weighted by Crippen LogP contribution is -2.69. The fourth-order valence-electron chi connectivity index (χ4n) is 8.74. The number of aryl methyl sites for hydroxylation is 1. The van der Waals surface area contributed by atoms with Crippen molar-refractivity contribution in [1.82, 2.24) is 4.90 Å². The minimum absolute atomic E-state index is 0.0174. The molecule has 0 aliphatic heterocycles. The Bertz CT molecular complexity index is 1170. The van der Waals surface area contributed by atoms with E-state index in [4.69, 9.17) is 0 Å². The van der Waals surface area contributed by atoms with Crippen LogP contribution in [0.3, 0.4) is 0 Å². The van der Waals surface area contributed by atoms with Gasteiger partial charge in [-0.2, -0.15) is 0 Å². The molecule has 0 bridgehead atoms. The summed E-state index contributed by atoms with van der Waals surface area (Å²) in [4.78, 5) is 27.1. The number of allylic oxidation sites excluding steroid dienone is 4. The van der Waals surface area contributed by atoms with Crippen molar-refractivity contribution in [2.75, 3.05) is 20.1 Å². The molecule has 0 saturated heterocycles. The first kappa shape index (κ1) is 30.6. The van der Waals surface area contributed by atoms with Gasteiger partial charge in [-0.05, 0) is 93.7 Å². The second kappa shape index (κ2) is 11.1. The van der Waals surface area contributed by atoms with E-state index in [1.165, 1.54) is 23.8 Å². The first-order valence-electron chi connectivity index (χ1n) is 14.8. The van der Waals surface area contributed by atoms with Gasteiger partial charge in [0.2, 0.25) is 0 Å². The van der Waals surface area contributed by atoms with Crippen molar-refractivity contribution in [3.05, 3.63) is 59.7 Å². The lowest BCUT2D eigenvalue weighted by atomic mass is 9.43. The molecule has 4 aliphatic carbocycles. The summed E-state index contributed by atoms with van der Waals surface area (Å²) in [7, 11) is 1.92. The summed E-state index contributed by atoms with van der Waals surface area (Å²) in [6.07, 6.45) is 3.29. The van der Waals surface area contributed by atoms with E-state index in [-0.39, 0.29) is 24.2 Å². The van der Waals surface area contributed by atoms with Gasteiger partial charge in [-0.3, -0.25) is 9.59 Å². The molecule has 1 aromatic rings. The zero-order valence-corrected chi connectivity index (χ0v) is 24.5. The van der Waals surface area contributed by atoms with E-state index in [0.717, 1.165) is 12.8 Å². The number of aliphatic carboxylic acids is 1. The van der Waals surface area contributed by atoms with E-state index in [1.54, 1.807) is 6.92 Å². The van der Waals surface area contributed by atoms with Gasteiger partial charge in [0.25, 0.3) is 0 Å². The van der Waals surface area contributed by atoms with Gasteiger partial charge >= 0.3 is 5.97 Å². The van der Waals surface area contributed by atoms with Crippen LogP contribution in [-0.4, -0.2) is 64.9 Å². The molecule has 4 aliphatic rings. The van der Waals surface area contributed by atoms with Gasteiger partial charge in [-0.25, -0.2) is 8.78 Å². The normalized spacial score (nSPS) is 39.9. The van der Waals surface area contributed by atoms with E-state index < -0.39 is 52.0 Å². The van der Waals surface area contributed by atoms with Crippen LogP contribution in [0.4, 0.5) is 8.78 Å². The first-order valence-corrected chi connectivity index (χ1v) is 14.8. The molecule has 3 fully saturated rings. The molecule has 1 aromatic carbocycles. The highest BCUT2D eigenvalue weighted by atomic mass is 19.1. The molecule has 0 heterocycles. The standard InChI is InChI=1S/C31H39F2NO4.C2H6/c1-28-13-11-21(35)16-24(28)25(32)17-23-22-12-14-30(27(37)38,29(22,2)18-26(36)31(23,28)33)19-34(3)15-7-10-20-8-5-4-6-9-20;1-2/h4-6,8-9,11,13,16,22-23,25-26,36H,7,10,12,14-15,17-19H2,1-3H3,(H,37,38);1-2H3/t22?,23-,25-,26-,28-,29-,30-,31-;/m0./s1. The summed E-state index contributed by atoms with van der Waals surface area (Å²) in [6, 6.07) is 10.1. The van der Waals surface area contributed by atoms with Gasteiger partial charge in [0, 0.05) is 17.9 Å². The minimum atomic E-state index is -2.18. The van der Waals surface area contributed by atoms with Crippen molar-refractivity contribution in [1.29, 1.82) is 0 Å². The Balaban J connectivity index is 0.00000181. The van der Waals surface area contributed by atoms with Crippen molar-refractivity contribution in [2.24, 2.45) is 28.1 Å². The maximum atomic E-state index is 17.3. The molecule has 2 N–H and O–H groups in total. The summed E-state index contributed by atoms with van der Waals surface area (Å²) in [5, 5.41) is 22.1. The van der Waals surface area contributed by atoms with Gasteiger partial charge in [0.1, 0.15) is 6.17 Å². The number of alkyl halides is 2. The van der Waals surface area contributed by atoms with Crippen molar-refractivity contribution in [3.63, 3.8) is 0 Å². The maximum absolute atomic E-state index is 17.3. The number of ketones is 1. The van der Waals surface area contributed by atoms with Gasteiger partial charge in [-0.1, -0.05) is 57.2 Å². The Morgan fingerprint density at radius 1 is 1.15 bits per heavy atom. The quantitative estimate of drug-likeness (QED) is 0.432. The van der Waals surface area contributed by atoms with Crippen molar-refractivity contribution in [3.8, 4) is 0 Å². The number of hydrogen-bond acceptors (Lipinski definition) is 4. The highest BCUT2D eigenvalue weighted by Crippen LogP contribution is 2.72. The number of benzene rings is 1. The Kier molecular flexibility index (Phi) is 8.51. The molecule has 8 atom stereocenters. The Labute approximate surface area is 237 Å². The second-order valence-corrected chi connectivity index (χ2v) is 12.6. The number of aliphatic hydroxyl groups excluding tert-OH is 1. The fraction of sp³-hybridized carbons (Fsp3) is 0.636. The van der Waals surface area contributed by atoms with Gasteiger partial charge in [-0.15, -0.1) is 0 Å². The molecule has 7 heteroatoms. The summed E-state index contributed by atoms with van der Waals surface area (Å²) < 4.78 is 32.9. The van der Waals surface area contributed by atoms with Crippen LogP contribution in [0.2, 0.25) is 0 Å². The van der Waals surface area contributed by atoms with Crippen LogP contribution in [0.5, 0.6) is 0 Å². The van der Waals surface area contributed by atoms with E-state index in [9.17, 15) is 19.8 Å². The van der Waals surface area contributed by atoms with Crippen LogP contribution >= 0.6 is 0 Å². The average molecular weight is 558 g/mol. The van der Waals surface area contributed by atoms with E-state index in [2.05, 4.69) is 12.1 Å². The second-order valence-electron chi connectivity index (χ2n) is 12.6. The smallest absolute Gasteiger partial charge is 0.311 e. The van der Waals surface area contributed by atoms with Crippen LogP contribution in [0.15, 0.2) is 54.1 Å². The van der Waals surface area contributed by atoms with Crippen LogP contribution in [0, 0.1) is 28.1 Å². The third-order valence-electron chi connectivity index (χ3n) is 10.8. The monoisotopic (exact) mass is 557 g/mol. The molecule has 220 valence electrons. The predicted octanol–water partition coefficient (Wildman–Crippen LogP) is 5.97. The molecule has 3 saturated carbocycles. The molecule has 5 rings (SSSR count). The number of carbonyl (C=O) groups is 2. The van der Waals surface area contributed by atoms with E-state index in [0.29, 0.717) is 25.9 Å². The largest absolute Gasteiger partial charge is 0.481 e. The molecule has 0 aromatic heterocycles. The van der Waals surface area contributed by atoms with Crippen LogP contribution in [-0.2, 0) is 16.0 Å². The minimum Gasteiger partial charge on any atom is -0.481 e. The highest BCUT2D eigenvalue weighted by molar-refractivity contribution is 6.01. The third kappa shape index (κ3) is 4.48. The molecular weight excluding hydrogens is 512 g/mol. The van der Waals surface area contributed by atoms with Crippen LogP contribution in [0.1, 0.15) is 65.4 Å². The van der Waals surface area contributed by atoms with Gasteiger partial charge < -0.3 is 15.1 Å². The maximum Gasteiger partial charge on any atom is 0.311 e. The predicted molar refractivity (Wildman–Crippen MR) is 152 cm³/mol. The van der Waals surface area contributed by atoms with E-state index in [1.807, 2.05) is 50.9 Å². The lowest BCUT2D eigenvalue weighted by molar-refractivity contribution is -0.216. The molecule has 5 nitrogen and oxygen atoms in total. The Morgan fingerprint density at radius 3 is 2.48 bits per heavy atom. The summed E-state index contributed by atoms with van der Waals surface area (Å²) >= 11 is 0. The number of carboxylic acids is 1. The number of rotatable bonds is 7. The van der Waals surface area contributed by atoms with Gasteiger partial charge in [0.05, 0.1) is 11.5 Å². The van der Waals surface area contributed by atoms with E-state index >= 15 is 8.78 Å². The topological polar surface area (TPSA) is 77.8 Å². The van der Waals surface area contributed by atoms with Crippen molar-refractivity contribution in [2.45, 2.75) is 84.2 Å². The zero-order valence-electron chi connectivity index (χ0n) is 24.5. The first-order chi connectivity index (χ1) is 18.9. The Morgan fingerprint density at radius 2 is 1.82 bits per heavy atom.